The number of fused-ring (bicyclic) bond motifs is 2. The van der Waals surface area contributed by atoms with Gasteiger partial charge in [0.2, 0.25) is 0 Å². The minimum atomic E-state index is 0.562. The predicted molar refractivity (Wildman–Crippen MR) is 157 cm³/mol. The van der Waals surface area contributed by atoms with Gasteiger partial charge in [0, 0.05) is 34.3 Å². The monoisotopic (exact) mass is 487 g/mol. The Hall–Kier alpha value is -4.51. The van der Waals surface area contributed by atoms with Crippen molar-refractivity contribution < 1.29 is 0 Å². The van der Waals surface area contributed by atoms with Crippen LogP contribution in [0.15, 0.2) is 104 Å². The van der Waals surface area contributed by atoms with Gasteiger partial charge >= 0.3 is 0 Å². The summed E-state index contributed by atoms with van der Waals surface area (Å²) in [6.07, 6.45) is 12.7. The van der Waals surface area contributed by atoms with Crippen molar-refractivity contribution in [3.63, 3.8) is 0 Å². The SMILES string of the molecule is C=C/C(=C\C=C/C)c1nc(NCc2ccccn2)c2cc(-c3cccc4[nH]ccc34)ccc2n1.CCC. The molecule has 0 aliphatic carbocycles. The number of hydrogen-bond acceptors (Lipinski definition) is 4. The Bertz CT molecular complexity index is 1540. The molecule has 0 unspecified atom stereocenters. The van der Waals surface area contributed by atoms with E-state index in [9.17, 15) is 0 Å². The number of benzene rings is 2. The lowest BCUT2D eigenvalue weighted by Gasteiger charge is -2.13. The van der Waals surface area contributed by atoms with Gasteiger partial charge in [-0.1, -0.05) is 75.4 Å². The molecule has 2 N–H and O–H groups in total. The van der Waals surface area contributed by atoms with E-state index in [2.05, 4.69) is 78.2 Å². The number of aromatic amines is 1. The first-order valence-corrected chi connectivity index (χ1v) is 12.7. The van der Waals surface area contributed by atoms with E-state index in [1.165, 1.54) is 17.4 Å². The molecule has 186 valence electrons. The highest BCUT2D eigenvalue weighted by Crippen LogP contribution is 2.32. The molecule has 0 atom stereocenters. The first-order valence-electron chi connectivity index (χ1n) is 12.7. The van der Waals surface area contributed by atoms with Crippen LogP contribution in [0.2, 0.25) is 0 Å². The van der Waals surface area contributed by atoms with E-state index in [1.807, 2.05) is 49.5 Å². The lowest BCUT2D eigenvalue weighted by molar-refractivity contribution is 1.02. The van der Waals surface area contributed by atoms with E-state index in [4.69, 9.17) is 9.97 Å². The molecule has 5 aromatic rings. The van der Waals surface area contributed by atoms with Gasteiger partial charge in [0.05, 0.1) is 17.8 Å². The second kappa shape index (κ2) is 12.5. The van der Waals surface area contributed by atoms with E-state index in [0.717, 1.165) is 39.1 Å². The van der Waals surface area contributed by atoms with E-state index in [1.54, 1.807) is 12.3 Å². The first kappa shape index (κ1) is 25.6. The molecule has 0 radical (unpaired) electrons. The molecular weight excluding hydrogens is 454 g/mol. The third-order valence-electron chi connectivity index (χ3n) is 5.71. The lowest BCUT2D eigenvalue weighted by Crippen LogP contribution is -2.06. The van der Waals surface area contributed by atoms with Crippen molar-refractivity contribution >= 4 is 33.2 Å². The van der Waals surface area contributed by atoms with Crippen molar-refractivity contribution in [1.29, 1.82) is 0 Å². The van der Waals surface area contributed by atoms with Crippen LogP contribution in [0.4, 0.5) is 5.82 Å². The number of rotatable bonds is 7. The van der Waals surface area contributed by atoms with Gasteiger partial charge in [0.15, 0.2) is 5.82 Å². The van der Waals surface area contributed by atoms with Crippen molar-refractivity contribution in [2.75, 3.05) is 5.32 Å². The summed E-state index contributed by atoms with van der Waals surface area (Å²) >= 11 is 0. The summed E-state index contributed by atoms with van der Waals surface area (Å²) in [7, 11) is 0. The summed E-state index contributed by atoms with van der Waals surface area (Å²) in [5.74, 6) is 1.39. The van der Waals surface area contributed by atoms with Crippen LogP contribution in [-0.2, 0) is 6.54 Å². The minimum Gasteiger partial charge on any atom is -0.364 e. The summed E-state index contributed by atoms with van der Waals surface area (Å²) in [6, 6.07) is 20.6. The molecule has 2 aromatic carbocycles. The lowest BCUT2D eigenvalue weighted by atomic mass is 10.00. The molecule has 3 aromatic heterocycles. The van der Waals surface area contributed by atoms with Crippen molar-refractivity contribution in [2.24, 2.45) is 0 Å². The molecule has 3 heterocycles. The number of nitrogens with one attached hydrogen (secondary N) is 2. The Morgan fingerprint density at radius 1 is 1.00 bits per heavy atom. The van der Waals surface area contributed by atoms with E-state index in [-0.39, 0.29) is 0 Å². The number of hydrogen-bond donors (Lipinski definition) is 2. The van der Waals surface area contributed by atoms with Crippen LogP contribution >= 0.6 is 0 Å². The second-order valence-electron chi connectivity index (χ2n) is 8.61. The fraction of sp³-hybridized carbons (Fsp3) is 0.156. The molecule has 0 amide bonds. The average Bonchev–Trinajstić information content (AvgIpc) is 3.42. The van der Waals surface area contributed by atoms with Gasteiger partial charge in [-0.25, -0.2) is 9.97 Å². The standard InChI is InChI=1S/C29H25N5.C3H8/c1-3-5-9-20(4-2)28-33-27-14-13-21(23-11-8-12-26-24(23)15-17-31-26)18-25(27)29(34-28)32-19-22-10-6-7-16-30-22;1-3-2/h3-18,31H,2,19H2,1H3,(H,32,33,34);3H2,1-2H3/b5-3-,20-9+;. The highest BCUT2D eigenvalue weighted by atomic mass is 15.0. The third kappa shape index (κ3) is 6.01. The number of anilines is 1. The smallest absolute Gasteiger partial charge is 0.162 e. The normalized spacial score (nSPS) is 11.5. The van der Waals surface area contributed by atoms with E-state index in [0.29, 0.717) is 12.4 Å². The number of aromatic nitrogens is 4. The fourth-order valence-electron chi connectivity index (χ4n) is 4.01. The quantitative estimate of drug-likeness (QED) is 0.226. The number of H-pyrrole nitrogens is 1. The molecule has 0 bridgehead atoms. The molecule has 5 heteroatoms. The van der Waals surface area contributed by atoms with Crippen LogP contribution in [0.3, 0.4) is 0 Å². The molecule has 0 fully saturated rings. The molecule has 5 nitrogen and oxygen atoms in total. The minimum absolute atomic E-state index is 0.562. The van der Waals surface area contributed by atoms with Crippen LogP contribution in [0.1, 0.15) is 38.7 Å². The molecule has 0 spiro atoms. The van der Waals surface area contributed by atoms with Gasteiger partial charge in [0.25, 0.3) is 0 Å². The Morgan fingerprint density at radius 3 is 2.62 bits per heavy atom. The van der Waals surface area contributed by atoms with E-state index < -0.39 is 0 Å². The van der Waals surface area contributed by atoms with Crippen molar-refractivity contribution in [1.82, 2.24) is 19.9 Å². The maximum atomic E-state index is 4.90. The fourth-order valence-corrected chi connectivity index (χ4v) is 4.01. The topological polar surface area (TPSA) is 66.5 Å². The first-order chi connectivity index (χ1) is 18.2. The average molecular weight is 488 g/mol. The third-order valence-corrected chi connectivity index (χ3v) is 5.71. The zero-order chi connectivity index (χ0) is 26.0. The summed E-state index contributed by atoms with van der Waals surface area (Å²) in [5.41, 5.74) is 6.07. The Morgan fingerprint density at radius 2 is 1.86 bits per heavy atom. The molecule has 0 aliphatic rings. The van der Waals surface area contributed by atoms with Crippen molar-refractivity contribution in [3.8, 4) is 11.1 Å². The molecule has 0 saturated carbocycles. The van der Waals surface area contributed by atoms with Crippen LogP contribution in [0, 0.1) is 0 Å². The van der Waals surface area contributed by atoms with Gasteiger partial charge in [-0.3, -0.25) is 4.98 Å². The van der Waals surface area contributed by atoms with Crippen LogP contribution in [-0.4, -0.2) is 19.9 Å². The van der Waals surface area contributed by atoms with Crippen LogP contribution in [0.5, 0.6) is 0 Å². The van der Waals surface area contributed by atoms with Crippen molar-refractivity contribution in [2.45, 2.75) is 33.7 Å². The summed E-state index contributed by atoms with van der Waals surface area (Å²) in [4.78, 5) is 17.5. The molecule has 0 aliphatic heterocycles. The molecule has 0 saturated heterocycles. The molecular formula is C32H33N5. The largest absolute Gasteiger partial charge is 0.364 e. The van der Waals surface area contributed by atoms with Crippen LogP contribution < -0.4 is 5.32 Å². The van der Waals surface area contributed by atoms with Gasteiger partial charge < -0.3 is 10.3 Å². The Balaban J connectivity index is 0.00000102. The Kier molecular flexibility index (Phi) is 8.61. The van der Waals surface area contributed by atoms with Gasteiger partial charge in [-0.05, 0) is 54.4 Å². The zero-order valence-electron chi connectivity index (χ0n) is 21.7. The van der Waals surface area contributed by atoms with Crippen LogP contribution in [0.25, 0.3) is 38.5 Å². The second-order valence-corrected chi connectivity index (χ2v) is 8.61. The highest BCUT2D eigenvalue weighted by molar-refractivity contribution is 5.99. The summed E-state index contributed by atoms with van der Waals surface area (Å²) < 4.78 is 0. The number of nitrogens with zero attached hydrogens (tertiary/aromatic N) is 3. The van der Waals surface area contributed by atoms with Gasteiger partial charge in [0.1, 0.15) is 5.82 Å². The predicted octanol–water partition coefficient (Wildman–Crippen LogP) is 8.35. The highest BCUT2D eigenvalue weighted by Gasteiger charge is 2.13. The number of allylic oxidation sites excluding steroid dienone is 5. The summed E-state index contributed by atoms with van der Waals surface area (Å²) in [5, 5.41) is 5.63. The molecule has 5 rings (SSSR count). The zero-order valence-corrected chi connectivity index (χ0v) is 21.7. The maximum Gasteiger partial charge on any atom is 0.162 e. The van der Waals surface area contributed by atoms with Gasteiger partial charge in [-0.2, -0.15) is 0 Å². The Labute approximate surface area is 218 Å². The van der Waals surface area contributed by atoms with E-state index >= 15 is 0 Å². The van der Waals surface area contributed by atoms with Gasteiger partial charge in [-0.15, -0.1) is 0 Å². The summed E-state index contributed by atoms with van der Waals surface area (Å²) in [6.45, 7) is 10.7. The maximum absolute atomic E-state index is 4.90. The number of pyridine rings is 1. The van der Waals surface area contributed by atoms with Crippen molar-refractivity contribution in [3.05, 3.63) is 115 Å². The molecule has 37 heavy (non-hydrogen) atoms.